The predicted molar refractivity (Wildman–Crippen MR) is 75.2 cm³/mol. The van der Waals surface area contributed by atoms with E-state index in [1.165, 1.54) is 0 Å². The third-order valence-corrected chi connectivity index (χ3v) is 3.00. The molecule has 0 spiro atoms. The molecule has 0 saturated heterocycles. The number of likely N-dealkylation sites (N-methyl/N-ethyl adjacent to an activating group) is 1. The SMILES string of the molecule is CCNC(CCOCC(F)F)Cc1ccn(C(C)C)n1. The van der Waals surface area contributed by atoms with Gasteiger partial charge in [-0.05, 0) is 32.9 Å². The van der Waals surface area contributed by atoms with Crippen LogP contribution in [0.4, 0.5) is 8.78 Å². The first-order valence-corrected chi connectivity index (χ1v) is 7.16. The fourth-order valence-corrected chi connectivity index (χ4v) is 1.99. The molecule has 20 heavy (non-hydrogen) atoms. The zero-order chi connectivity index (χ0) is 15.0. The maximum absolute atomic E-state index is 12.0. The first-order valence-electron chi connectivity index (χ1n) is 7.16. The molecule has 1 aromatic heterocycles. The van der Waals surface area contributed by atoms with Crippen LogP contribution >= 0.6 is 0 Å². The second-order valence-electron chi connectivity index (χ2n) is 5.09. The van der Waals surface area contributed by atoms with Gasteiger partial charge in [0.05, 0.1) is 5.69 Å². The average Bonchev–Trinajstić information content (AvgIpc) is 2.83. The van der Waals surface area contributed by atoms with Gasteiger partial charge in [-0.3, -0.25) is 4.68 Å². The van der Waals surface area contributed by atoms with Crippen molar-refractivity contribution in [1.82, 2.24) is 15.1 Å². The van der Waals surface area contributed by atoms with Gasteiger partial charge in [-0.2, -0.15) is 5.10 Å². The average molecular weight is 289 g/mol. The summed E-state index contributed by atoms with van der Waals surface area (Å²) < 4.78 is 30.8. The topological polar surface area (TPSA) is 39.1 Å². The Bertz CT molecular complexity index is 369. The minimum atomic E-state index is -2.39. The van der Waals surface area contributed by atoms with Gasteiger partial charge in [-0.25, -0.2) is 8.78 Å². The lowest BCUT2D eigenvalue weighted by Crippen LogP contribution is -2.32. The highest BCUT2D eigenvalue weighted by Crippen LogP contribution is 2.08. The molecule has 1 aromatic rings. The standard InChI is InChI=1S/C14H25F2N3O/c1-4-17-12(6-8-20-10-14(15)16)9-13-5-7-19(18-13)11(2)3/h5,7,11-12,14,17H,4,6,8-10H2,1-3H3. The second kappa shape index (κ2) is 9.02. The van der Waals surface area contributed by atoms with E-state index in [1.54, 1.807) is 0 Å². The Morgan fingerprint density at radius 1 is 1.40 bits per heavy atom. The molecule has 0 bridgehead atoms. The monoisotopic (exact) mass is 289 g/mol. The minimum absolute atomic E-state index is 0.202. The molecule has 1 unspecified atom stereocenters. The predicted octanol–water partition coefficient (Wildman–Crippen LogP) is 2.66. The molecule has 1 rings (SSSR count). The van der Waals surface area contributed by atoms with Gasteiger partial charge in [-0.1, -0.05) is 6.92 Å². The van der Waals surface area contributed by atoms with Gasteiger partial charge in [-0.15, -0.1) is 0 Å². The van der Waals surface area contributed by atoms with E-state index in [0.717, 1.165) is 18.7 Å². The van der Waals surface area contributed by atoms with E-state index >= 15 is 0 Å². The summed E-state index contributed by atoms with van der Waals surface area (Å²) in [5.74, 6) is 0. The fourth-order valence-electron chi connectivity index (χ4n) is 1.99. The van der Waals surface area contributed by atoms with Gasteiger partial charge in [0, 0.05) is 31.3 Å². The van der Waals surface area contributed by atoms with Crippen LogP contribution in [-0.2, 0) is 11.2 Å². The van der Waals surface area contributed by atoms with Crippen molar-refractivity contribution in [2.45, 2.75) is 52.1 Å². The Morgan fingerprint density at radius 2 is 2.15 bits per heavy atom. The Balaban J connectivity index is 2.40. The fraction of sp³-hybridized carbons (Fsp3) is 0.786. The summed E-state index contributed by atoms with van der Waals surface area (Å²) in [6, 6.07) is 2.55. The quantitative estimate of drug-likeness (QED) is 0.673. The number of halogens is 2. The molecule has 0 aliphatic carbocycles. The number of nitrogens with one attached hydrogen (secondary N) is 1. The first kappa shape index (κ1) is 17.0. The summed E-state index contributed by atoms with van der Waals surface area (Å²) in [4.78, 5) is 0. The molecule has 116 valence electrons. The summed E-state index contributed by atoms with van der Waals surface area (Å²) >= 11 is 0. The third kappa shape index (κ3) is 6.43. The molecule has 4 nitrogen and oxygen atoms in total. The largest absolute Gasteiger partial charge is 0.375 e. The van der Waals surface area contributed by atoms with Crippen molar-refractivity contribution in [2.75, 3.05) is 19.8 Å². The van der Waals surface area contributed by atoms with E-state index in [9.17, 15) is 8.78 Å². The van der Waals surface area contributed by atoms with Crippen LogP contribution in [0.1, 0.15) is 38.9 Å². The van der Waals surface area contributed by atoms with Gasteiger partial charge >= 0.3 is 0 Å². The first-order chi connectivity index (χ1) is 9.52. The highest BCUT2D eigenvalue weighted by Gasteiger charge is 2.12. The highest BCUT2D eigenvalue weighted by molar-refractivity contribution is 5.02. The number of rotatable bonds is 10. The molecule has 0 saturated carbocycles. The zero-order valence-electron chi connectivity index (χ0n) is 12.5. The highest BCUT2D eigenvalue weighted by atomic mass is 19.3. The Labute approximate surface area is 119 Å². The molecule has 0 aliphatic rings. The summed E-state index contributed by atoms with van der Waals surface area (Å²) in [5, 5.41) is 7.85. The van der Waals surface area contributed by atoms with Gasteiger partial charge in [0.1, 0.15) is 6.61 Å². The van der Waals surface area contributed by atoms with Crippen molar-refractivity contribution in [2.24, 2.45) is 0 Å². The van der Waals surface area contributed by atoms with E-state index in [0.29, 0.717) is 19.1 Å². The van der Waals surface area contributed by atoms with Crippen LogP contribution in [-0.4, -0.2) is 42.0 Å². The van der Waals surface area contributed by atoms with Crippen LogP contribution in [0.15, 0.2) is 12.3 Å². The van der Waals surface area contributed by atoms with Crippen LogP contribution < -0.4 is 5.32 Å². The lowest BCUT2D eigenvalue weighted by atomic mass is 10.1. The maximum atomic E-state index is 12.0. The Hall–Kier alpha value is -1.01. The molecule has 0 aliphatic heterocycles. The zero-order valence-corrected chi connectivity index (χ0v) is 12.5. The number of alkyl halides is 2. The molecule has 1 N–H and O–H groups in total. The van der Waals surface area contributed by atoms with Gasteiger partial charge in [0.25, 0.3) is 6.43 Å². The molecule has 6 heteroatoms. The number of hydrogen-bond donors (Lipinski definition) is 1. The smallest absolute Gasteiger partial charge is 0.261 e. The van der Waals surface area contributed by atoms with E-state index < -0.39 is 13.0 Å². The molecular weight excluding hydrogens is 264 g/mol. The van der Waals surface area contributed by atoms with E-state index in [1.807, 2.05) is 23.9 Å². The number of ether oxygens (including phenoxy) is 1. The Kier molecular flexibility index (Phi) is 7.69. The Morgan fingerprint density at radius 3 is 2.70 bits per heavy atom. The van der Waals surface area contributed by atoms with Crippen LogP contribution in [0.2, 0.25) is 0 Å². The van der Waals surface area contributed by atoms with Crippen LogP contribution in [0.25, 0.3) is 0 Å². The van der Waals surface area contributed by atoms with Crippen molar-refractivity contribution in [3.05, 3.63) is 18.0 Å². The lowest BCUT2D eigenvalue weighted by molar-refractivity contribution is 0.0144. The van der Waals surface area contributed by atoms with Crippen molar-refractivity contribution in [3.63, 3.8) is 0 Å². The van der Waals surface area contributed by atoms with Crippen LogP contribution in [0.3, 0.4) is 0 Å². The summed E-state index contributed by atoms with van der Waals surface area (Å²) in [6.45, 7) is 6.88. The molecule has 0 amide bonds. The third-order valence-electron chi connectivity index (χ3n) is 3.00. The molecule has 0 radical (unpaired) electrons. The van der Waals surface area contributed by atoms with E-state index in [4.69, 9.17) is 4.74 Å². The maximum Gasteiger partial charge on any atom is 0.261 e. The minimum Gasteiger partial charge on any atom is -0.375 e. The van der Waals surface area contributed by atoms with Gasteiger partial charge in [0.2, 0.25) is 0 Å². The van der Waals surface area contributed by atoms with E-state index in [2.05, 4.69) is 24.3 Å². The van der Waals surface area contributed by atoms with Crippen molar-refractivity contribution < 1.29 is 13.5 Å². The van der Waals surface area contributed by atoms with Crippen LogP contribution in [0, 0.1) is 0 Å². The molecule has 1 atom stereocenters. The summed E-state index contributed by atoms with van der Waals surface area (Å²) in [5.41, 5.74) is 1.01. The molecule has 1 heterocycles. The lowest BCUT2D eigenvalue weighted by Gasteiger charge is -2.17. The van der Waals surface area contributed by atoms with Crippen molar-refractivity contribution >= 4 is 0 Å². The van der Waals surface area contributed by atoms with Gasteiger partial charge < -0.3 is 10.1 Å². The molecular formula is C14H25F2N3O. The normalized spacial score (nSPS) is 13.3. The van der Waals surface area contributed by atoms with Crippen molar-refractivity contribution in [1.29, 1.82) is 0 Å². The number of nitrogens with zero attached hydrogens (tertiary/aromatic N) is 2. The number of aromatic nitrogens is 2. The molecule has 0 fully saturated rings. The number of hydrogen-bond acceptors (Lipinski definition) is 3. The molecule has 0 aromatic carbocycles. The summed E-state index contributed by atoms with van der Waals surface area (Å²) in [6.07, 6.45) is 1.06. The second-order valence-corrected chi connectivity index (χ2v) is 5.09. The van der Waals surface area contributed by atoms with Crippen LogP contribution in [0.5, 0.6) is 0 Å². The summed E-state index contributed by atoms with van der Waals surface area (Å²) in [7, 11) is 0. The van der Waals surface area contributed by atoms with E-state index in [-0.39, 0.29) is 6.04 Å². The van der Waals surface area contributed by atoms with Gasteiger partial charge in [0.15, 0.2) is 0 Å². The van der Waals surface area contributed by atoms with Crippen molar-refractivity contribution in [3.8, 4) is 0 Å².